The molecule has 28 nitrogen and oxygen atoms in total. The molecule has 39 heteroatoms. The summed E-state index contributed by atoms with van der Waals surface area (Å²) in [5, 5.41) is 39.9. The molecule has 6 fully saturated rings. The van der Waals surface area contributed by atoms with E-state index in [-0.39, 0.29) is 385 Å². The Morgan fingerprint density at radius 1 is 0.293 bits per heavy atom. The van der Waals surface area contributed by atoms with Gasteiger partial charge >= 0.3 is 290 Å². The molecule has 0 heterocycles. The molecule has 6 rings (SSSR count). The number of aliphatic hydroxyl groups is 4. The first-order valence-electron chi connectivity index (χ1n) is 43.5. The van der Waals surface area contributed by atoms with Crippen LogP contribution in [0, 0.1) is 67.6 Å². The van der Waals surface area contributed by atoms with E-state index in [1.165, 1.54) is 33.3 Å². The van der Waals surface area contributed by atoms with E-state index in [0.29, 0.717) is 77.5 Å². The third-order valence-corrected chi connectivity index (χ3v) is 27.2. The summed E-state index contributed by atoms with van der Waals surface area (Å²) in [5.74, 6) is 0.929. The molecule has 718 valence electrons. The monoisotopic (exact) mass is 2510 g/mol. The average molecular weight is 2500 g/mol. The molecule has 0 aliphatic heterocycles. The molecule has 23 atom stereocenters. The molecule has 23 unspecified atom stereocenters. The zero-order chi connectivity index (χ0) is 90.4. The van der Waals surface area contributed by atoms with Crippen molar-refractivity contribution in [1.29, 1.82) is 0 Å². The van der Waals surface area contributed by atoms with E-state index in [0.717, 1.165) is 51.4 Å². The topological polar surface area (TPSA) is 349 Å². The normalized spacial score (nSPS) is 29.1. The molecule has 0 spiro atoms. The Bertz CT molecular complexity index is 2920. The Morgan fingerprint density at radius 3 is 0.902 bits per heavy atom. The van der Waals surface area contributed by atoms with Crippen LogP contribution in [-0.4, -0.2) is 478 Å². The van der Waals surface area contributed by atoms with E-state index >= 15 is 0 Å². The SMILES string of the molecule is CC(C)OC1CC[CH-]CC1OP(C)(=O)OC(C)C.CC(C)OCC1C[CH-]C(O)CC1OP(C)(=O)OC(C)C.CC(C)OCC1C[CH-]C(O)CC1OP(C)(=O)OC(C)C.CC(C)OCC1C[CH-]CC(O)C1OP(C)(=O)OC(C)C.CC(C)OCC1C[CH-]CCC1OP(C)(=O)OC(C)C.CC1CC(O)C(OP(C)(=O)OC(C)C)C(COC(C)C)C1.[Ba+2].[Ba+2].[Ba+2].[Ba+2].[Ba+2].[H-].[H-].[H-].[H-].[H-]. The van der Waals surface area contributed by atoms with Gasteiger partial charge in [-0.15, -0.1) is 6.42 Å². The average Bonchev–Trinajstić information content (AvgIpc) is 0.852. The van der Waals surface area contributed by atoms with Crippen LogP contribution in [-0.2, 0) is 110 Å². The molecule has 0 aromatic carbocycles. The summed E-state index contributed by atoms with van der Waals surface area (Å²) in [6.07, 6.45) is 16.8. The predicted molar refractivity (Wildman–Crippen MR) is 504 cm³/mol. The van der Waals surface area contributed by atoms with Crippen LogP contribution < -0.4 is 0 Å². The summed E-state index contributed by atoms with van der Waals surface area (Å²) >= 11 is 0. The Hall–Kier alpha value is 8.36. The molecule has 4 N–H and O–H groups in total. The van der Waals surface area contributed by atoms with Crippen molar-refractivity contribution in [2.45, 2.75) is 403 Å². The predicted octanol–water partition coefficient (Wildman–Crippen LogP) is 19.0. The van der Waals surface area contributed by atoms with Gasteiger partial charge < -0.3 is 130 Å². The second-order valence-electron chi connectivity index (χ2n) is 35.9. The van der Waals surface area contributed by atoms with Gasteiger partial charge in [-0.2, -0.15) is 44.9 Å². The number of hydrogen-bond donors (Lipinski definition) is 4. The Morgan fingerprint density at radius 2 is 0.569 bits per heavy atom. The van der Waals surface area contributed by atoms with Crippen LogP contribution in [0.5, 0.6) is 0 Å². The molecule has 0 aromatic rings. The van der Waals surface area contributed by atoms with Gasteiger partial charge in [0.25, 0.3) is 0 Å². The maximum atomic E-state index is 12.4. The summed E-state index contributed by atoms with van der Waals surface area (Å²) in [7, 11) is -18.5. The minimum Gasteiger partial charge on any atom is -1.00 e. The van der Waals surface area contributed by atoms with Crippen molar-refractivity contribution in [3.63, 3.8) is 0 Å². The number of ether oxygens (including phenoxy) is 6. The summed E-state index contributed by atoms with van der Waals surface area (Å²) in [6.45, 7) is 59.6. The summed E-state index contributed by atoms with van der Waals surface area (Å²) < 4.78 is 174. The Kier molecular flexibility index (Phi) is 82.5. The number of rotatable bonds is 41. The van der Waals surface area contributed by atoms with Gasteiger partial charge in [0, 0.05) is 72.3 Å². The van der Waals surface area contributed by atoms with Crippen molar-refractivity contribution in [2.24, 2.45) is 35.5 Å². The third-order valence-electron chi connectivity index (χ3n) is 18.5. The van der Waals surface area contributed by atoms with Crippen LogP contribution in [0.25, 0.3) is 0 Å². The van der Waals surface area contributed by atoms with Crippen LogP contribution in [0.15, 0.2) is 0 Å². The maximum absolute atomic E-state index is 12.4. The van der Waals surface area contributed by atoms with Gasteiger partial charge in [-0.05, 0) is 221 Å². The van der Waals surface area contributed by atoms with Crippen molar-refractivity contribution < 1.29 is 138 Å². The second-order valence-corrected chi connectivity index (χ2v) is 47.7. The Balaban J connectivity index is -0.000000161. The van der Waals surface area contributed by atoms with Gasteiger partial charge in [0.1, 0.15) is 0 Å². The largest absolute Gasteiger partial charge is 2.00 e. The van der Waals surface area contributed by atoms with Crippen molar-refractivity contribution in [2.75, 3.05) is 73.0 Å². The zero-order valence-corrected chi connectivity index (χ0v) is 109. The molecule has 6 saturated carbocycles. The van der Waals surface area contributed by atoms with Crippen LogP contribution in [0.1, 0.15) is 270 Å². The molecule has 0 saturated heterocycles. The standard InChI is InChI=1S/C15H31O5P.3C14H28O5P.C14H28O4P.C13H26O4P.5Ba.5H/c1-10(2)18-9-13-7-12(5)8-14(16)15(13)20-21(6,17)19-11(3)4;2*1-10(2)17-9-12-6-7-13(15)8-14(12)19-20(5,16)18-11(3)4;1-10(2)17-9-12-7-6-8-13(15)14(12)19-20(5,16)18-11(3)4;1-11(2)16-10-13-8-6-7-9-14(13)18-19(5,15)17-12(3)4;1-10(2)15-12-8-6-7-9-13(12)17-18(5,14)16-11(3)4;;;;;;;;;;/h10-16H,7-9H2,1-6H3;2*7,10-15H,6,8-9H2,1-5H3;6,10-15H,7-9H2,1-5H3;6,11-14H,7-10H2,1-5H3;7,10-13H,6,8-9H2,1-5H3;;;;;;;;;;/q;5*-1;5*+2;5*-1. The van der Waals surface area contributed by atoms with Gasteiger partial charge in [0.05, 0.1) is 135 Å². The molecule has 6 aliphatic rings. The fourth-order valence-electron chi connectivity index (χ4n) is 14.2. The van der Waals surface area contributed by atoms with Gasteiger partial charge in [0.15, 0.2) is 0 Å². The fourth-order valence-corrected chi connectivity index (χ4v) is 23.6. The van der Waals surface area contributed by atoms with E-state index in [1.807, 2.05) is 185 Å². The molecule has 6 aliphatic carbocycles. The van der Waals surface area contributed by atoms with Gasteiger partial charge in [-0.25, -0.2) is 0 Å². The van der Waals surface area contributed by atoms with Crippen molar-refractivity contribution in [1.82, 2.24) is 0 Å². The number of hydrogen-bond acceptors (Lipinski definition) is 28. The van der Waals surface area contributed by atoms with Gasteiger partial charge in [0.2, 0.25) is 0 Å². The van der Waals surface area contributed by atoms with Gasteiger partial charge in [-0.1, -0.05) is 32.0 Å². The van der Waals surface area contributed by atoms with Crippen LogP contribution in [0.4, 0.5) is 0 Å². The minimum absolute atomic E-state index is 0. The molecular weight excluding hydrogens is 2330 g/mol. The van der Waals surface area contributed by atoms with Crippen molar-refractivity contribution in [3.8, 4) is 0 Å². The molecule has 0 aromatic heterocycles. The first-order chi connectivity index (χ1) is 54.3. The van der Waals surface area contributed by atoms with Crippen LogP contribution >= 0.6 is 45.6 Å². The minimum atomic E-state index is -3.17. The van der Waals surface area contributed by atoms with Crippen LogP contribution in [0.2, 0.25) is 0 Å². The maximum Gasteiger partial charge on any atom is 2.00 e. The van der Waals surface area contributed by atoms with E-state index in [4.69, 9.17) is 82.7 Å². The smallest absolute Gasteiger partial charge is 1.00 e. The Labute approximate surface area is 956 Å². The summed E-state index contributed by atoms with van der Waals surface area (Å²) in [6, 6.07) is 0. The number of aliphatic hydroxyl groups excluding tert-OH is 4. The zero-order valence-electron chi connectivity index (χ0n) is 86.9. The first kappa shape index (κ1) is 140. The second kappa shape index (κ2) is 72.6. The fraction of sp³-hybridized carbons (Fsp3) is 0.940. The van der Waals surface area contributed by atoms with Crippen molar-refractivity contribution >= 4 is 290 Å². The molecule has 0 bridgehead atoms. The van der Waals surface area contributed by atoms with Crippen molar-refractivity contribution in [3.05, 3.63) is 32.1 Å². The van der Waals surface area contributed by atoms with E-state index in [9.17, 15) is 47.8 Å². The third kappa shape index (κ3) is 69.8. The van der Waals surface area contributed by atoms with E-state index in [1.54, 1.807) is 6.66 Å². The molecular formula is C84H174Ba5O28P6. The van der Waals surface area contributed by atoms with E-state index < -0.39 is 82.2 Å². The van der Waals surface area contributed by atoms with Crippen LogP contribution in [0.3, 0.4) is 0 Å². The summed E-state index contributed by atoms with van der Waals surface area (Å²) in [4.78, 5) is 0. The van der Waals surface area contributed by atoms with E-state index in [2.05, 4.69) is 19.8 Å². The molecule has 0 radical (unpaired) electrons. The molecule has 0 amide bonds. The first-order valence-corrected chi connectivity index (χ1v) is 55.5. The quantitative estimate of drug-likeness (QED) is 0.0251. The summed E-state index contributed by atoms with van der Waals surface area (Å²) in [5.41, 5.74) is 0. The molecule has 123 heavy (non-hydrogen) atoms. The van der Waals surface area contributed by atoms with Gasteiger partial charge in [-0.3, -0.25) is 40.2 Å².